The van der Waals surface area contributed by atoms with Crippen molar-refractivity contribution in [1.29, 1.82) is 0 Å². The molecule has 1 aliphatic rings. The number of carbonyl (C=O) groups excluding carboxylic acids is 2. The second-order valence-electron chi connectivity index (χ2n) is 5.62. The SMILES string of the molecule is CC(C)C(=O)N1CCN(C(=O)CNS(=O)(=O)c2cccs2)CC1. The van der Waals surface area contributed by atoms with E-state index in [0.717, 1.165) is 11.3 Å². The first kappa shape index (κ1) is 17.9. The van der Waals surface area contributed by atoms with Crippen LogP contribution in [0.25, 0.3) is 0 Å². The highest BCUT2D eigenvalue weighted by Gasteiger charge is 2.26. The van der Waals surface area contributed by atoms with Crippen molar-refractivity contribution < 1.29 is 18.0 Å². The first-order valence-corrected chi connectivity index (χ1v) is 9.77. The minimum absolute atomic E-state index is 0.0603. The molecule has 0 atom stereocenters. The van der Waals surface area contributed by atoms with Crippen molar-refractivity contribution in [1.82, 2.24) is 14.5 Å². The number of nitrogens with zero attached hydrogens (tertiary/aromatic N) is 2. The van der Waals surface area contributed by atoms with Crippen molar-refractivity contribution in [2.75, 3.05) is 32.7 Å². The Hall–Kier alpha value is -1.45. The number of rotatable bonds is 5. The zero-order chi connectivity index (χ0) is 17.0. The van der Waals surface area contributed by atoms with Gasteiger partial charge in [-0.15, -0.1) is 11.3 Å². The molecule has 9 heteroatoms. The maximum Gasteiger partial charge on any atom is 0.250 e. The summed E-state index contributed by atoms with van der Waals surface area (Å²) in [5.41, 5.74) is 0. The van der Waals surface area contributed by atoms with Crippen molar-refractivity contribution in [3.63, 3.8) is 0 Å². The van der Waals surface area contributed by atoms with Gasteiger partial charge in [0.1, 0.15) is 4.21 Å². The van der Waals surface area contributed by atoms with E-state index in [0.29, 0.717) is 26.2 Å². The molecule has 2 amide bonds. The molecule has 0 aliphatic carbocycles. The number of hydrogen-bond acceptors (Lipinski definition) is 5. The molecule has 128 valence electrons. The molecular weight excluding hydrogens is 338 g/mol. The quantitative estimate of drug-likeness (QED) is 0.822. The molecule has 0 aromatic carbocycles. The molecule has 1 N–H and O–H groups in total. The third kappa shape index (κ3) is 4.52. The van der Waals surface area contributed by atoms with Crippen LogP contribution in [0.3, 0.4) is 0 Å². The average molecular weight is 359 g/mol. The van der Waals surface area contributed by atoms with Crippen LogP contribution in [-0.2, 0) is 19.6 Å². The molecule has 1 aromatic heterocycles. The van der Waals surface area contributed by atoms with Crippen LogP contribution >= 0.6 is 11.3 Å². The molecule has 1 aliphatic heterocycles. The zero-order valence-electron chi connectivity index (χ0n) is 13.2. The first-order valence-electron chi connectivity index (χ1n) is 7.41. The molecule has 1 aromatic rings. The fourth-order valence-electron chi connectivity index (χ4n) is 2.30. The lowest BCUT2D eigenvalue weighted by molar-refractivity contribution is -0.140. The van der Waals surface area contributed by atoms with Crippen LogP contribution in [0, 0.1) is 5.92 Å². The summed E-state index contributed by atoms with van der Waals surface area (Å²) in [6.07, 6.45) is 0. The Morgan fingerprint density at radius 1 is 1.22 bits per heavy atom. The van der Waals surface area contributed by atoms with Gasteiger partial charge in [0, 0.05) is 32.1 Å². The Kier molecular flexibility index (Phi) is 5.77. The molecule has 0 spiro atoms. The molecule has 2 rings (SSSR count). The second-order valence-corrected chi connectivity index (χ2v) is 8.56. The van der Waals surface area contributed by atoms with E-state index in [9.17, 15) is 18.0 Å². The Labute approximate surface area is 140 Å². The van der Waals surface area contributed by atoms with E-state index in [1.165, 1.54) is 6.07 Å². The highest BCUT2D eigenvalue weighted by atomic mass is 32.2. The van der Waals surface area contributed by atoms with Crippen LogP contribution < -0.4 is 4.72 Å². The van der Waals surface area contributed by atoms with Crippen LogP contribution in [0.15, 0.2) is 21.7 Å². The summed E-state index contributed by atoms with van der Waals surface area (Å²) in [5, 5.41) is 1.67. The van der Waals surface area contributed by atoms with Crippen molar-refractivity contribution in [2.45, 2.75) is 18.1 Å². The van der Waals surface area contributed by atoms with Crippen LogP contribution in [0.5, 0.6) is 0 Å². The van der Waals surface area contributed by atoms with E-state index >= 15 is 0 Å². The van der Waals surface area contributed by atoms with Crippen LogP contribution in [-0.4, -0.2) is 62.8 Å². The Balaban J connectivity index is 1.83. The van der Waals surface area contributed by atoms with E-state index in [4.69, 9.17) is 0 Å². The number of sulfonamides is 1. The van der Waals surface area contributed by atoms with E-state index in [2.05, 4.69) is 4.72 Å². The van der Waals surface area contributed by atoms with Gasteiger partial charge in [-0.05, 0) is 11.4 Å². The molecule has 23 heavy (non-hydrogen) atoms. The Morgan fingerprint density at radius 3 is 2.35 bits per heavy atom. The normalized spacial score (nSPS) is 16.0. The molecule has 0 unspecified atom stereocenters. The lowest BCUT2D eigenvalue weighted by Crippen LogP contribution is -2.53. The lowest BCUT2D eigenvalue weighted by atomic mass is 10.1. The van der Waals surface area contributed by atoms with Crippen LogP contribution in [0.1, 0.15) is 13.8 Å². The molecule has 0 radical (unpaired) electrons. The molecule has 7 nitrogen and oxygen atoms in total. The minimum Gasteiger partial charge on any atom is -0.339 e. The fraction of sp³-hybridized carbons (Fsp3) is 0.571. The maximum absolute atomic E-state index is 12.1. The summed E-state index contributed by atoms with van der Waals surface area (Å²) in [6.45, 7) is 5.26. The van der Waals surface area contributed by atoms with Crippen molar-refractivity contribution in [3.05, 3.63) is 17.5 Å². The number of amides is 2. The predicted octanol–water partition coefficient (Wildman–Crippen LogP) is 0.353. The molecule has 0 saturated carbocycles. The number of nitrogens with one attached hydrogen (secondary N) is 1. The summed E-state index contributed by atoms with van der Waals surface area (Å²) < 4.78 is 26.5. The lowest BCUT2D eigenvalue weighted by Gasteiger charge is -2.35. The van der Waals surface area contributed by atoms with Gasteiger partial charge in [0.05, 0.1) is 6.54 Å². The van der Waals surface area contributed by atoms with E-state index in [1.54, 1.807) is 21.2 Å². The number of thiophene rings is 1. The van der Waals surface area contributed by atoms with E-state index in [-0.39, 0.29) is 28.5 Å². The smallest absolute Gasteiger partial charge is 0.250 e. The van der Waals surface area contributed by atoms with Gasteiger partial charge in [0.25, 0.3) is 10.0 Å². The van der Waals surface area contributed by atoms with E-state index < -0.39 is 10.0 Å². The van der Waals surface area contributed by atoms with Gasteiger partial charge in [-0.2, -0.15) is 0 Å². The number of hydrogen-bond donors (Lipinski definition) is 1. The van der Waals surface area contributed by atoms with Gasteiger partial charge >= 0.3 is 0 Å². The predicted molar refractivity (Wildman–Crippen MR) is 87.5 cm³/mol. The second kappa shape index (κ2) is 7.41. The van der Waals surface area contributed by atoms with Crippen molar-refractivity contribution >= 4 is 33.2 Å². The fourth-order valence-corrected chi connectivity index (χ4v) is 4.31. The largest absolute Gasteiger partial charge is 0.339 e. The monoisotopic (exact) mass is 359 g/mol. The third-order valence-corrected chi connectivity index (χ3v) is 6.41. The Bertz CT molecular complexity index is 648. The van der Waals surface area contributed by atoms with Gasteiger partial charge in [-0.3, -0.25) is 9.59 Å². The van der Waals surface area contributed by atoms with Crippen LogP contribution in [0.2, 0.25) is 0 Å². The summed E-state index contributed by atoms with van der Waals surface area (Å²) in [7, 11) is -3.63. The third-order valence-electron chi connectivity index (χ3n) is 3.61. The first-order chi connectivity index (χ1) is 10.8. The molecule has 2 heterocycles. The Morgan fingerprint density at radius 2 is 1.83 bits per heavy atom. The van der Waals surface area contributed by atoms with Gasteiger partial charge in [0.15, 0.2) is 0 Å². The molecule has 1 fully saturated rings. The van der Waals surface area contributed by atoms with Gasteiger partial charge < -0.3 is 9.80 Å². The van der Waals surface area contributed by atoms with E-state index in [1.807, 2.05) is 13.8 Å². The van der Waals surface area contributed by atoms with Gasteiger partial charge in [-0.1, -0.05) is 19.9 Å². The topological polar surface area (TPSA) is 86.8 Å². The number of carbonyl (C=O) groups is 2. The summed E-state index contributed by atoms with van der Waals surface area (Å²) in [4.78, 5) is 27.3. The highest BCUT2D eigenvalue weighted by Crippen LogP contribution is 2.15. The van der Waals surface area contributed by atoms with Crippen LogP contribution in [0.4, 0.5) is 0 Å². The summed E-state index contributed by atoms with van der Waals surface area (Å²) >= 11 is 1.10. The highest BCUT2D eigenvalue weighted by molar-refractivity contribution is 7.91. The van der Waals surface area contributed by atoms with Crippen molar-refractivity contribution in [2.24, 2.45) is 5.92 Å². The summed E-state index contributed by atoms with van der Waals surface area (Å²) in [6, 6.07) is 3.14. The van der Waals surface area contributed by atoms with Crippen molar-refractivity contribution in [3.8, 4) is 0 Å². The molecular formula is C14H21N3O4S2. The standard InChI is InChI=1S/C14H21N3O4S2/c1-11(2)14(19)17-7-5-16(6-8-17)12(18)10-15-23(20,21)13-4-3-9-22-13/h3-4,9,11,15H,5-8,10H2,1-2H3. The number of piperazine rings is 1. The average Bonchev–Trinajstić information content (AvgIpc) is 3.07. The van der Waals surface area contributed by atoms with Gasteiger partial charge in [0.2, 0.25) is 11.8 Å². The minimum atomic E-state index is -3.63. The van der Waals surface area contributed by atoms with Gasteiger partial charge in [-0.25, -0.2) is 13.1 Å². The zero-order valence-corrected chi connectivity index (χ0v) is 14.8. The molecule has 1 saturated heterocycles. The maximum atomic E-state index is 12.1. The molecule has 0 bridgehead atoms. The summed E-state index contributed by atoms with van der Waals surface area (Å²) in [5.74, 6) is -0.257.